The van der Waals surface area contributed by atoms with Gasteiger partial charge in [0.2, 0.25) is 5.89 Å². The maximum absolute atomic E-state index is 14.1. The molecule has 30 heavy (non-hydrogen) atoms. The number of ether oxygens (including phenoxy) is 1. The monoisotopic (exact) mass is 416 g/mol. The van der Waals surface area contributed by atoms with Crippen molar-refractivity contribution < 1.29 is 22.3 Å². The van der Waals surface area contributed by atoms with Gasteiger partial charge in [0.05, 0.1) is 17.9 Å². The summed E-state index contributed by atoms with van der Waals surface area (Å²) >= 11 is 0. The Kier molecular flexibility index (Phi) is 6.08. The van der Waals surface area contributed by atoms with Gasteiger partial charge in [0.25, 0.3) is 0 Å². The zero-order chi connectivity index (χ0) is 21.1. The van der Waals surface area contributed by atoms with Crippen molar-refractivity contribution in [3.8, 4) is 17.2 Å². The number of aromatic nitrogens is 1. The zero-order valence-electron chi connectivity index (χ0n) is 16.7. The lowest BCUT2D eigenvalue weighted by Gasteiger charge is -2.32. The van der Waals surface area contributed by atoms with Crippen molar-refractivity contribution in [2.24, 2.45) is 5.92 Å². The summed E-state index contributed by atoms with van der Waals surface area (Å²) in [7, 11) is 0. The number of rotatable bonds is 6. The molecule has 0 spiro atoms. The number of para-hydroxylation sites is 1. The Morgan fingerprint density at radius 1 is 1.10 bits per heavy atom. The Hall–Kier alpha value is -2.80. The lowest BCUT2D eigenvalue weighted by atomic mass is 9.99. The van der Waals surface area contributed by atoms with Crippen molar-refractivity contribution in [3.05, 3.63) is 71.4 Å². The molecule has 7 heteroatoms. The highest BCUT2D eigenvalue weighted by molar-refractivity contribution is 5.54. The van der Waals surface area contributed by atoms with Crippen molar-refractivity contribution in [2.45, 2.75) is 26.3 Å². The van der Waals surface area contributed by atoms with Crippen LogP contribution in [-0.4, -0.2) is 29.6 Å². The van der Waals surface area contributed by atoms with Crippen LogP contribution in [0.2, 0.25) is 0 Å². The molecule has 0 radical (unpaired) electrons. The summed E-state index contributed by atoms with van der Waals surface area (Å²) in [6.45, 7) is 4.43. The van der Waals surface area contributed by atoms with Crippen molar-refractivity contribution in [1.82, 2.24) is 9.88 Å². The third kappa shape index (κ3) is 4.51. The lowest BCUT2D eigenvalue weighted by Crippen LogP contribution is -2.37. The number of aryl methyl sites for hydroxylation is 1. The molecular weight excluding hydrogens is 393 g/mol. The normalized spacial score (nSPS) is 17.3. The van der Waals surface area contributed by atoms with Gasteiger partial charge in [-0.3, -0.25) is 4.90 Å². The highest BCUT2D eigenvalue weighted by Crippen LogP contribution is 2.27. The molecule has 3 aromatic rings. The van der Waals surface area contributed by atoms with E-state index in [1.54, 1.807) is 25.1 Å². The lowest BCUT2D eigenvalue weighted by molar-refractivity contribution is 0.122. The fourth-order valence-corrected chi connectivity index (χ4v) is 3.77. The predicted molar refractivity (Wildman–Crippen MR) is 106 cm³/mol. The van der Waals surface area contributed by atoms with Crippen LogP contribution in [0.25, 0.3) is 11.5 Å². The van der Waals surface area contributed by atoms with E-state index < -0.39 is 11.6 Å². The van der Waals surface area contributed by atoms with E-state index in [-0.39, 0.29) is 28.9 Å². The molecular formula is C23H23F3N2O2. The number of piperidine rings is 1. The Balaban J connectivity index is 1.40. The van der Waals surface area contributed by atoms with E-state index in [1.165, 1.54) is 18.2 Å². The van der Waals surface area contributed by atoms with E-state index in [1.807, 2.05) is 0 Å². The van der Waals surface area contributed by atoms with Gasteiger partial charge in [-0.25, -0.2) is 18.2 Å². The molecule has 0 amide bonds. The van der Waals surface area contributed by atoms with Crippen molar-refractivity contribution in [2.75, 3.05) is 19.7 Å². The molecule has 2 aromatic carbocycles. The van der Waals surface area contributed by atoms with Gasteiger partial charge in [0.15, 0.2) is 23.2 Å². The van der Waals surface area contributed by atoms with Crippen molar-refractivity contribution in [3.63, 3.8) is 0 Å². The summed E-state index contributed by atoms with van der Waals surface area (Å²) in [4.78, 5) is 6.64. The van der Waals surface area contributed by atoms with Crippen LogP contribution in [0.15, 0.2) is 46.9 Å². The Labute approximate surface area is 173 Å². The summed E-state index contributed by atoms with van der Waals surface area (Å²) in [5.41, 5.74) is 0.712. The standard InChI is InChI=1S/C23H23F3N2O2/c1-15-20(27-23(30-15)17-7-4-9-19(25)22(17)26)13-28-11-5-6-16(12-28)14-29-21-10-3-2-8-18(21)24/h2-4,7-10,16H,5-6,11-14H2,1H3/t16-/m1/s1. The van der Waals surface area contributed by atoms with E-state index in [2.05, 4.69) is 9.88 Å². The Bertz CT molecular complexity index is 1020. The van der Waals surface area contributed by atoms with Crippen LogP contribution in [0.4, 0.5) is 13.2 Å². The zero-order valence-corrected chi connectivity index (χ0v) is 16.7. The number of likely N-dealkylation sites (tertiary alicyclic amines) is 1. The van der Waals surface area contributed by atoms with Crippen LogP contribution in [0.5, 0.6) is 5.75 Å². The van der Waals surface area contributed by atoms with Crippen LogP contribution in [-0.2, 0) is 6.54 Å². The average molecular weight is 416 g/mol. The molecule has 4 nitrogen and oxygen atoms in total. The number of benzene rings is 2. The van der Waals surface area contributed by atoms with Crippen LogP contribution in [0.3, 0.4) is 0 Å². The van der Waals surface area contributed by atoms with Crippen molar-refractivity contribution >= 4 is 0 Å². The molecule has 1 aliphatic rings. The molecule has 1 saturated heterocycles. The van der Waals surface area contributed by atoms with E-state index in [0.29, 0.717) is 24.6 Å². The first kappa shape index (κ1) is 20.5. The Morgan fingerprint density at radius 3 is 2.73 bits per heavy atom. The van der Waals surface area contributed by atoms with Gasteiger partial charge in [0.1, 0.15) is 5.76 Å². The van der Waals surface area contributed by atoms with Crippen LogP contribution in [0.1, 0.15) is 24.3 Å². The molecule has 158 valence electrons. The van der Waals surface area contributed by atoms with Gasteiger partial charge in [-0.05, 0) is 50.6 Å². The molecule has 0 bridgehead atoms. The summed E-state index contributed by atoms with van der Waals surface area (Å²) in [6.07, 6.45) is 2.00. The number of hydrogen-bond acceptors (Lipinski definition) is 4. The molecule has 0 aliphatic carbocycles. The first-order valence-electron chi connectivity index (χ1n) is 10.0. The molecule has 4 rings (SSSR count). The largest absolute Gasteiger partial charge is 0.490 e. The molecule has 0 saturated carbocycles. The summed E-state index contributed by atoms with van der Waals surface area (Å²) in [5, 5.41) is 0. The highest BCUT2D eigenvalue weighted by atomic mass is 19.2. The third-order valence-corrected chi connectivity index (χ3v) is 5.36. The summed E-state index contributed by atoms with van der Waals surface area (Å²) in [5.74, 6) is -1.06. The SMILES string of the molecule is Cc1oc(-c2cccc(F)c2F)nc1CN1CCC[C@@H](COc2ccccc2F)C1. The second-order valence-corrected chi connectivity index (χ2v) is 7.61. The maximum Gasteiger partial charge on any atom is 0.229 e. The van der Waals surface area contributed by atoms with Gasteiger partial charge < -0.3 is 9.15 Å². The summed E-state index contributed by atoms with van der Waals surface area (Å²) in [6, 6.07) is 10.3. The van der Waals surface area contributed by atoms with Crippen LogP contribution in [0, 0.1) is 30.3 Å². The fourth-order valence-electron chi connectivity index (χ4n) is 3.77. The molecule has 1 aromatic heterocycles. The average Bonchev–Trinajstić information content (AvgIpc) is 3.10. The smallest absolute Gasteiger partial charge is 0.229 e. The fraction of sp³-hybridized carbons (Fsp3) is 0.348. The first-order valence-corrected chi connectivity index (χ1v) is 10.0. The highest BCUT2D eigenvalue weighted by Gasteiger charge is 2.24. The second kappa shape index (κ2) is 8.92. The molecule has 1 fully saturated rings. The minimum absolute atomic E-state index is 0.0131. The van der Waals surface area contributed by atoms with Crippen LogP contribution >= 0.6 is 0 Å². The van der Waals surface area contributed by atoms with Gasteiger partial charge in [0, 0.05) is 19.0 Å². The molecule has 1 aliphatic heterocycles. The molecule has 1 atom stereocenters. The van der Waals surface area contributed by atoms with E-state index in [9.17, 15) is 13.2 Å². The van der Waals surface area contributed by atoms with Gasteiger partial charge >= 0.3 is 0 Å². The number of halogens is 3. The van der Waals surface area contributed by atoms with E-state index in [4.69, 9.17) is 9.15 Å². The Morgan fingerprint density at radius 2 is 1.90 bits per heavy atom. The van der Waals surface area contributed by atoms with Crippen LogP contribution < -0.4 is 4.74 Å². The van der Waals surface area contributed by atoms with Gasteiger partial charge in [-0.15, -0.1) is 0 Å². The molecule has 0 N–H and O–H groups in total. The van der Waals surface area contributed by atoms with E-state index in [0.717, 1.165) is 32.0 Å². The number of nitrogens with zero attached hydrogens (tertiary/aromatic N) is 2. The topological polar surface area (TPSA) is 38.5 Å². The number of oxazole rings is 1. The van der Waals surface area contributed by atoms with Gasteiger partial charge in [-0.2, -0.15) is 0 Å². The second-order valence-electron chi connectivity index (χ2n) is 7.61. The quantitative estimate of drug-likeness (QED) is 0.542. The summed E-state index contributed by atoms with van der Waals surface area (Å²) < 4.78 is 52.6. The number of hydrogen-bond donors (Lipinski definition) is 0. The van der Waals surface area contributed by atoms with Gasteiger partial charge in [-0.1, -0.05) is 18.2 Å². The minimum atomic E-state index is -0.964. The van der Waals surface area contributed by atoms with Crippen molar-refractivity contribution in [1.29, 1.82) is 0 Å². The first-order chi connectivity index (χ1) is 14.5. The minimum Gasteiger partial charge on any atom is -0.490 e. The third-order valence-electron chi connectivity index (χ3n) is 5.36. The maximum atomic E-state index is 14.1. The predicted octanol–water partition coefficient (Wildman–Crippen LogP) is 5.36. The molecule has 0 unspecified atom stereocenters. The molecule has 2 heterocycles. The van der Waals surface area contributed by atoms with E-state index >= 15 is 0 Å².